The lowest BCUT2D eigenvalue weighted by Gasteiger charge is -2.22. The van der Waals surface area contributed by atoms with E-state index in [-0.39, 0.29) is 18.3 Å². The van der Waals surface area contributed by atoms with Crippen LogP contribution in [0, 0.1) is 0 Å². The summed E-state index contributed by atoms with van der Waals surface area (Å²) in [7, 11) is 0. The SMILES string of the molecule is CCOC(=O)CCN(CCCn1ccnc1)C(=O)c1ccncc1. The molecule has 128 valence electrons. The molecule has 0 fully saturated rings. The molecule has 2 heterocycles. The number of carbonyl (C=O) groups excluding carboxylic acids is 2. The molecule has 0 N–H and O–H groups in total. The van der Waals surface area contributed by atoms with Crippen LogP contribution in [0.25, 0.3) is 0 Å². The molecule has 0 radical (unpaired) electrons. The minimum Gasteiger partial charge on any atom is -0.466 e. The van der Waals surface area contributed by atoms with E-state index in [1.165, 1.54) is 0 Å². The highest BCUT2D eigenvalue weighted by Crippen LogP contribution is 2.07. The van der Waals surface area contributed by atoms with Crippen LogP contribution in [0.3, 0.4) is 0 Å². The summed E-state index contributed by atoms with van der Waals surface area (Å²) in [5, 5.41) is 0. The van der Waals surface area contributed by atoms with Crippen LogP contribution in [0.4, 0.5) is 0 Å². The molecule has 0 bridgehead atoms. The number of pyridine rings is 1. The number of nitrogens with zero attached hydrogens (tertiary/aromatic N) is 4. The Labute approximate surface area is 141 Å². The normalized spacial score (nSPS) is 10.4. The summed E-state index contributed by atoms with van der Waals surface area (Å²) in [6.07, 6.45) is 9.48. The second-order valence-corrected chi connectivity index (χ2v) is 5.24. The lowest BCUT2D eigenvalue weighted by Crippen LogP contribution is -2.34. The van der Waals surface area contributed by atoms with Crippen LogP contribution in [0.15, 0.2) is 43.2 Å². The number of aromatic nitrogens is 3. The molecule has 2 rings (SSSR count). The highest BCUT2D eigenvalue weighted by Gasteiger charge is 2.17. The third kappa shape index (κ3) is 5.49. The number of esters is 1. The van der Waals surface area contributed by atoms with Crippen LogP contribution in [0.2, 0.25) is 0 Å². The minimum absolute atomic E-state index is 0.104. The molecule has 0 spiro atoms. The number of carbonyl (C=O) groups is 2. The molecular weight excluding hydrogens is 308 g/mol. The fraction of sp³-hybridized carbons (Fsp3) is 0.412. The van der Waals surface area contributed by atoms with Crippen molar-refractivity contribution in [1.82, 2.24) is 19.4 Å². The van der Waals surface area contributed by atoms with Crippen molar-refractivity contribution in [3.8, 4) is 0 Å². The maximum Gasteiger partial charge on any atom is 0.307 e. The lowest BCUT2D eigenvalue weighted by atomic mass is 10.2. The molecule has 7 heteroatoms. The summed E-state index contributed by atoms with van der Waals surface area (Å²) in [4.78, 5) is 33.8. The van der Waals surface area contributed by atoms with Gasteiger partial charge < -0.3 is 14.2 Å². The predicted molar refractivity (Wildman–Crippen MR) is 88.2 cm³/mol. The Morgan fingerprint density at radius 3 is 2.62 bits per heavy atom. The van der Waals surface area contributed by atoms with Crippen molar-refractivity contribution in [3.05, 3.63) is 48.8 Å². The Kier molecular flexibility index (Phi) is 6.94. The molecule has 0 atom stereocenters. The average Bonchev–Trinajstić information content (AvgIpc) is 3.12. The van der Waals surface area contributed by atoms with E-state index in [2.05, 4.69) is 9.97 Å². The second kappa shape index (κ2) is 9.44. The first-order valence-electron chi connectivity index (χ1n) is 8.01. The quantitative estimate of drug-likeness (QED) is 0.655. The van der Waals surface area contributed by atoms with Gasteiger partial charge in [-0.3, -0.25) is 14.6 Å². The molecule has 0 aromatic carbocycles. The van der Waals surface area contributed by atoms with Crippen LogP contribution >= 0.6 is 0 Å². The summed E-state index contributed by atoms with van der Waals surface area (Å²) in [6.45, 7) is 3.77. The summed E-state index contributed by atoms with van der Waals surface area (Å²) < 4.78 is 6.90. The molecule has 0 aliphatic rings. The third-order valence-corrected chi connectivity index (χ3v) is 3.51. The third-order valence-electron chi connectivity index (χ3n) is 3.51. The molecule has 0 saturated carbocycles. The van der Waals surface area contributed by atoms with E-state index in [1.807, 2.05) is 10.8 Å². The molecular formula is C17H22N4O3. The Morgan fingerprint density at radius 2 is 1.96 bits per heavy atom. The van der Waals surface area contributed by atoms with Gasteiger partial charge in [-0.1, -0.05) is 0 Å². The van der Waals surface area contributed by atoms with Gasteiger partial charge in [0.05, 0.1) is 19.4 Å². The Balaban J connectivity index is 1.94. The van der Waals surface area contributed by atoms with Gasteiger partial charge in [0.25, 0.3) is 5.91 Å². The summed E-state index contributed by atoms with van der Waals surface area (Å²) in [5.74, 6) is -0.396. The van der Waals surface area contributed by atoms with Crippen molar-refractivity contribution >= 4 is 11.9 Å². The molecule has 1 amide bonds. The lowest BCUT2D eigenvalue weighted by molar-refractivity contribution is -0.143. The van der Waals surface area contributed by atoms with Crippen LogP contribution in [0.1, 0.15) is 30.1 Å². The van der Waals surface area contributed by atoms with E-state index in [0.717, 1.165) is 13.0 Å². The van der Waals surface area contributed by atoms with Gasteiger partial charge in [-0.05, 0) is 25.5 Å². The largest absolute Gasteiger partial charge is 0.466 e. The molecule has 2 aromatic heterocycles. The Hall–Kier alpha value is -2.70. The molecule has 0 saturated heterocycles. The van der Waals surface area contributed by atoms with E-state index in [1.54, 1.807) is 48.9 Å². The zero-order valence-electron chi connectivity index (χ0n) is 13.8. The molecule has 7 nitrogen and oxygen atoms in total. The van der Waals surface area contributed by atoms with Crippen LogP contribution in [-0.4, -0.2) is 51.0 Å². The summed E-state index contributed by atoms with van der Waals surface area (Å²) in [6, 6.07) is 3.35. The molecule has 24 heavy (non-hydrogen) atoms. The number of hydrogen-bond donors (Lipinski definition) is 0. The van der Waals surface area contributed by atoms with Gasteiger partial charge in [0, 0.05) is 50.0 Å². The van der Waals surface area contributed by atoms with Gasteiger partial charge in [0.2, 0.25) is 0 Å². The van der Waals surface area contributed by atoms with Crippen molar-refractivity contribution in [1.29, 1.82) is 0 Å². The van der Waals surface area contributed by atoms with Crippen molar-refractivity contribution < 1.29 is 14.3 Å². The fourth-order valence-corrected chi connectivity index (χ4v) is 2.31. The van der Waals surface area contributed by atoms with Crippen molar-refractivity contribution in [2.24, 2.45) is 0 Å². The van der Waals surface area contributed by atoms with E-state index in [0.29, 0.717) is 25.3 Å². The standard InChI is InChI=1S/C17H22N4O3/c1-2-24-16(22)6-12-21(11-3-10-20-13-9-19-14-20)17(23)15-4-7-18-8-5-15/h4-5,7-9,13-14H,2-3,6,10-12H2,1H3. The molecule has 2 aromatic rings. The first kappa shape index (κ1) is 17.7. The van der Waals surface area contributed by atoms with Crippen molar-refractivity contribution in [2.45, 2.75) is 26.3 Å². The van der Waals surface area contributed by atoms with Gasteiger partial charge in [-0.15, -0.1) is 0 Å². The molecule has 0 aliphatic heterocycles. The number of imidazole rings is 1. The van der Waals surface area contributed by atoms with E-state index in [9.17, 15) is 9.59 Å². The highest BCUT2D eigenvalue weighted by molar-refractivity contribution is 5.94. The first-order chi connectivity index (χ1) is 11.7. The van der Waals surface area contributed by atoms with Gasteiger partial charge in [0.15, 0.2) is 0 Å². The maximum absolute atomic E-state index is 12.6. The zero-order chi connectivity index (χ0) is 17.2. The van der Waals surface area contributed by atoms with Gasteiger partial charge in [0.1, 0.15) is 0 Å². The number of ether oxygens (including phenoxy) is 1. The van der Waals surface area contributed by atoms with Gasteiger partial charge in [-0.25, -0.2) is 4.98 Å². The Bertz CT molecular complexity index is 629. The maximum atomic E-state index is 12.6. The molecule has 0 aliphatic carbocycles. The summed E-state index contributed by atoms with van der Waals surface area (Å²) in [5.41, 5.74) is 0.566. The first-order valence-corrected chi connectivity index (χ1v) is 8.01. The van der Waals surface area contributed by atoms with Crippen LogP contribution in [-0.2, 0) is 16.1 Å². The second-order valence-electron chi connectivity index (χ2n) is 5.24. The monoisotopic (exact) mass is 330 g/mol. The fourth-order valence-electron chi connectivity index (χ4n) is 2.31. The summed E-state index contributed by atoms with van der Waals surface area (Å²) >= 11 is 0. The predicted octanol–water partition coefficient (Wildman–Crippen LogP) is 1.76. The number of aryl methyl sites for hydroxylation is 1. The smallest absolute Gasteiger partial charge is 0.307 e. The Morgan fingerprint density at radius 1 is 1.17 bits per heavy atom. The van der Waals surface area contributed by atoms with Gasteiger partial charge in [-0.2, -0.15) is 0 Å². The highest BCUT2D eigenvalue weighted by atomic mass is 16.5. The van der Waals surface area contributed by atoms with Crippen LogP contribution < -0.4 is 0 Å². The average molecular weight is 330 g/mol. The van der Waals surface area contributed by atoms with E-state index < -0.39 is 0 Å². The number of hydrogen-bond acceptors (Lipinski definition) is 5. The zero-order valence-corrected chi connectivity index (χ0v) is 13.8. The number of rotatable bonds is 9. The van der Waals surface area contributed by atoms with Crippen LogP contribution in [0.5, 0.6) is 0 Å². The van der Waals surface area contributed by atoms with Gasteiger partial charge >= 0.3 is 5.97 Å². The minimum atomic E-state index is -0.292. The number of amides is 1. The van der Waals surface area contributed by atoms with E-state index >= 15 is 0 Å². The van der Waals surface area contributed by atoms with E-state index in [4.69, 9.17) is 4.74 Å². The van der Waals surface area contributed by atoms with Crippen molar-refractivity contribution in [2.75, 3.05) is 19.7 Å². The topological polar surface area (TPSA) is 77.3 Å². The molecule has 0 unspecified atom stereocenters. The van der Waals surface area contributed by atoms with Crippen molar-refractivity contribution in [3.63, 3.8) is 0 Å².